The molecule has 1 aromatic heterocycles. The topological polar surface area (TPSA) is 118 Å². The summed E-state index contributed by atoms with van der Waals surface area (Å²) < 4.78 is 16.5. The molecule has 3 aromatic rings. The maximum Gasteiger partial charge on any atom is 0.410 e. The van der Waals surface area contributed by atoms with Gasteiger partial charge in [-0.1, -0.05) is 18.2 Å². The molecule has 0 radical (unpaired) electrons. The lowest BCUT2D eigenvalue weighted by Gasteiger charge is -2.37. The number of carbonyl (C=O) groups excluding carboxylic acids is 2. The second-order valence-corrected chi connectivity index (χ2v) is 11.3. The van der Waals surface area contributed by atoms with Crippen LogP contribution < -0.4 is 25.0 Å². The summed E-state index contributed by atoms with van der Waals surface area (Å²) >= 11 is 6.43. The van der Waals surface area contributed by atoms with Crippen LogP contribution >= 0.6 is 11.6 Å². The van der Waals surface area contributed by atoms with Crippen LogP contribution in [0.1, 0.15) is 26.3 Å². The molecular weight excluding hydrogens is 572 g/mol. The van der Waals surface area contributed by atoms with Crippen molar-refractivity contribution in [2.45, 2.75) is 32.8 Å². The lowest BCUT2D eigenvalue weighted by atomic mass is 10.1. The third kappa shape index (κ3) is 8.29. The van der Waals surface area contributed by atoms with E-state index in [0.29, 0.717) is 71.4 Å². The fraction of sp³-hybridized carbons (Fsp3) is 0.355. The van der Waals surface area contributed by atoms with E-state index in [1.807, 2.05) is 39.0 Å². The third-order valence-electron chi connectivity index (χ3n) is 6.63. The molecule has 0 bridgehead atoms. The van der Waals surface area contributed by atoms with Crippen LogP contribution in [0.2, 0.25) is 5.02 Å². The van der Waals surface area contributed by atoms with E-state index in [9.17, 15) is 9.59 Å². The number of rotatable bonds is 10. The minimum atomic E-state index is -0.528. The van der Waals surface area contributed by atoms with Gasteiger partial charge in [0.25, 0.3) is 0 Å². The predicted molar refractivity (Wildman–Crippen MR) is 169 cm³/mol. The number of methoxy groups -OCH3 is 2. The summed E-state index contributed by atoms with van der Waals surface area (Å²) in [5, 5.41) is 6.72. The summed E-state index contributed by atoms with van der Waals surface area (Å²) in [6.45, 7) is 11.6. The van der Waals surface area contributed by atoms with Crippen molar-refractivity contribution in [3.8, 4) is 11.5 Å². The molecule has 11 nitrogen and oxygen atoms in total. The van der Waals surface area contributed by atoms with Crippen LogP contribution in [0, 0.1) is 0 Å². The summed E-state index contributed by atoms with van der Waals surface area (Å²) in [6.07, 6.45) is 2.61. The van der Waals surface area contributed by atoms with E-state index in [-0.39, 0.29) is 18.3 Å². The van der Waals surface area contributed by atoms with Crippen molar-refractivity contribution in [2.75, 3.05) is 55.9 Å². The maximum atomic E-state index is 12.4. The molecular formula is C31H37ClN6O5. The fourth-order valence-corrected chi connectivity index (χ4v) is 4.58. The Morgan fingerprint density at radius 1 is 1.02 bits per heavy atom. The highest BCUT2D eigenvalue weighted by molar-refractivity contribution is 6.33. The number of nitrogens with zero attached hydrogens (tertiary/aromatic N) is 4. The molecule has 43 heavy (non-hydrogen) atoms. The van der Waals surface area contributed by atoms with Crippen molar-refractivity contribution in [3.05, 3.63) is 65.8 Å². The monoisotopic (exact) mass is 608 g/mol. The van der Waals surface area contributed by atoms with Crippen molar-refractivity contribution in [2.24, 2.45) is 0 Å². The number of halogens is 1. The maximum absolute atomic E-state index is 12.4. The van der Waals surface area contributed by atoms with Gasteiger partial charge in [-0.3, -0.25) is 4.79 Å². The Hall–Kier alpha value is -4.51. The van der Waals surface area contributed by atoms with Crippen LogP contribution in [0.25, 0.3) is 0 Å². The number of nitrogens with one attached hydrogen (secondary N) is 2. The summed E-state index contributed by atoms with van der Waals surface area (Å²) in [7, 11) is 3.16. The Kier molecular flexibility index (Phi) is 9.97. The number of piperazine rings is 1. The Labute approximate surface area is 256 Å². The number of aromatic nitrogens is 2. The molecule has 0 saturated carbocycles. The normalized spacial score (nSPS) is 13.3. The molecule has 228 valence electrons. The van der Waals surface area contributed by atoms with Crippen LogP contribution in [-0.2, 0) is 16.0 Å². The third-order valence-corrected chi connectivity index (χ3v) is 6.91. The number of ketones is 1. The first-order chi connectivity index (χ1) is 20.5. The van der Waals surface area contributed by atoms with Gasteiger partial charge in [-0.05, 0) is 62.7 Å². The highest BCUT2D eigenvalue weighted by atomic mass is 35.5. The van der Waals surface area contributed by atoms with Gasteiger partial charge in [0.1, 0.15) is 22.1 Å². The Morgan fingerprint density at radius 2 is 1.74 bits per heavy atom. The molecule has 1 amide bonds. The summed E-state index contributed by atoms with van der Waals surface area (Å²) in [4.78, 5) is 37.3. The molecule has 2 aromatic carbocycles. The van der Waals surface area contributed by atoms with Crippen molar-refractivity contribution in [1.29, 1.82) is 0 Å². The molecule has 12 heteroatoms. The zero-order chi connectivity index (χ0) is 31.1. The van der Waals surface area contributed by atoms with Crippen molar-refractivity contribution in [3.63, 3.8) is 0 Å². The van der Waals surface area contributed by atoms with Crippen molar-refractivity contribution in [1.82, 2.24) is 14.9 Å². The van der Waals surface area contributed by atoms with Gasteiger partial charge in [-0.25, -0.2) is 9.78 Å². The molecule has 1 fully saturated rings. The molecule has 2 heterocycles. The lowest BCUT2D eigenvalue weighted by molar-refractivity contribution is -0.114. The molecule has 2 N–H and O–H groups in total. The minimum absolute atomic E-state index is 0.132. The van der Waals surface area contributed by atoms with Crippen LogP contribution in [0.15, 0.2) is 55.3 Å². The summed E-state index contributed by atoms with van der Waals surface area (Å²) in [5.41, 5.74) is 2.45. The first kappa shape index (κ1) is 31.4. The second-order valence-electron chi connectivity index (χ2n) is 10.8. The number of carbonyl (C=O) groups is 2. The largest absolute Gasteiger partial charge is 0.497 e. The van der Waals surface area contributed by atoms with E-state index in [4.69, 9.17) is 25.8 Å². The second kappa shape index (κ2) is 13.6. The van der Waals surface area contributed by atoms with E-state index in [1.165, 1.54) is 12.3 Å². The Morgan fingerprint density at radius 3 is 2.40 bits per heavy atom. The van der Waals surface area contributed by atoms with E-state index in [2.05, 4.69) is 32.1 Å². The van der Waals surface area contributed by atoms with E-state index in [0.717, 1.165) is 5.69 Å². The number of benzene rings is 2. The van der Waals surface area contributed by atoms with Crippen LogP contribution in [0.3, 0.4) is 0 Å². The molecule has 1 aliphatic heterocycles. The lowest BCUT2D eigenvalue weighted by Crippen LogP contribution is -2.50. The van der Waals surface area contributed by atoms with Gasteiger partial charge in [0.2, 0.25) is 5.95 Å². The molecule has 0 aliphatic carbocycles. The first-order valence-corrected chi connectivity index (χ1v) is 14.2. The van der Waals surface area contributed by atoms with Crippen LogP contribution in [-0.4, -0.2) is 72.7 Å². The van der Waals surface area contributed by atoms with E-state index in [1.54, 1.807) is 37.3 Å². The zero-order valence-corrected chi connectivity index (χ0v) is 25.8. The molecule has 0 spiro atoms. The van der Waals surface area contributed by atoms with E-state index >= 15 is 0 Å². The number of allylic oxidation sites excluding steroid dienone is 1. The number of ether oxygens (including phenoxy) is 3. The average molecular weight is 609 g/mol. The highest BCUT2D eigenvalue weighted by Crippen LogP contribution is 2.34. The molecule has 0 atom stereocenters. The van der Waals surface area contributed by atoms with Gasteiger partial charge in [0, 0.05) is 50.0 Å². The van der Waals surface area contributed by atoms with Gasteiger partial charge in [-0.2, -0.15) is 4.98 Å². The minimum Gasteiger partial charge on any atom is -0.497 e. The SMILES string of the molecule is C=CC(=O)Cc1cc(OC)ccc1Nc1nc(Nc2ccc(N3CCN(C(=O)OC(C)(C)C)CC3)cc2OC)ncc1Cl. The Bertz CT molecular complexity index is 1480. The Balaban J connectivity index is 1.48. The first-order valence-electron chi connectivity index (χ1n) is 13.8. The van der Waals surface area contributed by atoms with Crippen LogP contribution in [0.5, 0.6) is 11.5 Å². The highest BCUT2D eigenvalue weighted by Gasteiger charge is 2.26. The van der Waals surface area contributed by atoms with Gasteiger partial charge < -0.3 is 34.6 Å². The van der Waals surface area contributed by atoms with Crippen molar-refractivity contribution >= 4 is 52.3 Å². The standard InChI is InChI=1S/C31H37ClN6O5/c1-7-22(39)16-20-17-23(41-5)9-11-25(20)34-28-24(32)19-33-29(36-28)35-26-10-8-21(18-27(26)42-6)37-12-14-38(15-13-37)30(40)43-31(2,3)4/h7-11,17-19H,1,12-16H2,2-6H3,(H2,33,34,35,36). The molecule has 1 aliphatic rings. The predicted octanol–water partition coefficient (Wildman–Crippen LogP) is 5.99. The number of hydrogen-bond acceptors (Lipinski definition) is 10. The number of hydrogen-bond donors (Lipinski definition) is 2. The van der Waals surface area contributed by atoms with Gasteiger partial charge in [0.05, 0.1) is 26.1 Å². The van der Waals surface area contributed by atoms with Crippen LogP contribution in [0.4, 0.5) is 33.6 Å². The average Bonchev–Trinajstić information content (AvgIpc) is 2.99. The van der Waals surface area contributed by atoms with Crippen molar-refractivity contribution < 1.29 is 23.8 Å². The molecule has 1 saturated heterocycles. The number of anilines is 5. The van der Waals surface area contributed by atoms with Gasteiger partial charge in [0.15, 0.2) is 11.6 Å². The smallest absolute Gasteiger partial charge is 0.410 e. The van der Waals surface area contributed by atoms with Gasteiger partial charge >= 0.3 is 6.09 Å². The van der Waals surface area contributed by atoms with Gasteiger partial charge in [-0.15, -0.1) is 0 Å². The zero-order valence-electron chi connectivity index (χ0n) is 25.1. The molecule has 0 unspecified atom stereocenters. The summed E-state index contributed by atoms with van der Waals surface area (Å²) in [5.74, 6) is 1.73. The molecule has 4 rings (SSSR count). The summed E-state index contributed by atoms with van der Waals surface area (Å²) in [6, 6.07) is 11.2. The van der Waals surface area contributed by atoms with E-state index < -0.39 is 5.60 Å². The number of amides is 1. The quantitative estimate of drug-likeness (QED) is 0.266. The fourth-order valence-electron chi connectivity index (χ4n) is 4.44.